The highest BCUT2D eigenvalue weighted by atomic mass is 31.2. The number of phosphoric acid groups is 2. The minimum atomic E-state index is -4.96. The zero-order chi connectivity index (χ0) is 75.8. The summed E-state index contributed by atoms with van der Waals surface area (Å²) in [5.74, 6) is 0.151. The number of aliphatic hydroxyl groups is 1. The quantitative estimate of drug-likeness (QED) is 0.0222. The largest absolute Gasteiger partial charge is 0.472 e. The van der Waals surface area contributed by atoms with E-state index in [4.69, 9.17) is 37.0 Å². The van der Waals surface area contributed by atoms with Crippen LogP contribution in [0.15, 0.2) is 0 Å². The maximum atomic E-state index is 13.1. The fourth-order valence-electron chi connectivity index (χ4n) is 13.0. The molecule has 2 unspecified atom stereocenters. The molecule has 17 nitrogen and oxygen atoms in total. The van der Waals surface area contributed by atoms with Crippen LogP contribution in [0.25, 0.3) is 0 Å². The van der Waals surface area contributed by atoms with Gasteiger partial charge in [-0.2, -0.15) is 0 Å². The lowest BCUT2D eigenvalue weighted by atomic mass is 10.0. The Kier molecular flexibility index (Phi) is 72.8. The molecule has 0 aromatic heterocycles. The minimum Gasteiger partial charge on any atom is -0.462 e. The molecule has 0 aliphatic heterocycles. The molecule has 19 heteroatoms. The number of aliphatic hydroxyl groups excluding tert-OH is 1. The molecule has 3 N–H and O–H groups in total. The second-order valence-corrected chi connectivity index (χ2v) is 34.6. The molecule has 0 aromatic rings. The summed E-state index contributed by atoms with van der Waals surface area (Å²) < 4.78 is 68.8. The molecule has 0 rings (SSSR count). The minimum absolute atomic E-state index is 0.105. The molecular weight excluding hydrogens is 1340 g/mol. The third kappa shape index (κ3) is 78.0. The van der Waals surface area contributed by atoms with Crippen LogP contribution in [0.3, 0.4) is 0 Å². The Morgan fingerprint density at radius 1 is 0.262 bits per heavy atom. The van der Waals surface area contributed by atoms with Crippen molar-refractivity contribution in [2.75, 3.05) is 39.6 Å². The van der Waals surface area contributed by atoms with E-state index in [2.05, 4.69) is 48.5 Å². The summed E-state index contributed by atoms with van der Waals surface area (Å²) >= 11 is 0. The fourth-order valence-corrected chi connectivity index (χ4v) is 14.6. The molecule has 5 atom stereocenters. The summed E-state index contributed by atoms with van der Waals surface area (Å²) in [6, 6.07) is 0. The first kappa shape index (κ1) is 101. The van der Waals surface area contributed by atoms with Gasteiger partial charge in [0.15, 0.2) is 12.2 Å². The van der Waals surface area contributed by atoms with Crippen LogP contribution in [0, 0.1) is 17.8 Å². The first-order chi connectivity index (χ1) is 49.7. The van der Waals surface area contributed by atoms with Gasteiger partial charge in [0.25, 0.3) is 0 Å². The molecule has 0 bridgehead atoms. The second kappa shape index (κ2) is 74.2. The lowest BCUT2D eigenvalue weighted by Crippen LogP contribution is -2.30. The van der Waals surface area contributed by atoms with Crippen LogP contribution in [0.5, 0.6) is 0 Å². The summed E-state index contributed by atoms with van der Waals surface area (Å²) in [5.41, 5.74) is 0. The van der Waals surface area contributed by atoms with Crippen LogP contribution >= 0.6 is 15.6 Å². The van der Waals surface area contributed by atoms with Crippen LogP contribution in [-0.4, -0.2) is 96.7 Å². The van der Waals surface area contributed by atoms with E-state index >= 15 is 0 Å². The molecule has 0 spiro atoms. The van der Waals surface area contributed by atoms with Crippen molar-refractivity contribution >= 4 is 39.5 Å². The third-order valence-corrected chi connectivity index (χ3v) is 21.5. The lowest BCUT2D eigenvalue weighted by molar-refractivity contribution is -0.161. The molecular formula is C84H164O17P2. The van der Waals surface area contributed by atoms with E-state index in [9.17, 15) is 43.2 Å². The topological polar surface area (TPSA) is 237 Å². The van der Waals surface area contributed by atoms with Crippen molar-refractivity contribution in [2.24, 2.45) is 17.8 Å². The molecule has 0 aromatic carbocycles. The highest BCUT2D eigenvalue weighted by molar-refractivity contribution is 7.47. The molecule has 0 saturated heterocycles. The second-order valence-electron chi connectivity index (χ2n) is 31.6. The number of unbranched alkanes of at least 4 members (excludes halogenated alkanes) is 50. The molecule has 0 saturated carbocycles. The Morgan fingerprint density at radius 2 is 0.447 bits per heavy atom. The number of carbonyl (C=O) groups is 4. The van der Waals surface area contributed by atoms with E-state index in [0.29, 0.717) is 31.6 Å². The number of phosphoric ester groups is 2. The van der Waals surface area contributed by atoms with Crippen molar-refractivity contribution in [3.63, 3.8) is 0 Å². The average Bonchev–Trinajstić information content (AvgIpc) is 0.912. The van der Waals surface area contributed by atoms with Crippen LogP contribution in [0.4, 0.5) is 0 Å². The van der Waals surface area contributed by atoms with Crippen molar-refractivity contribution in [3.8, 4) is 0 Å². The summed E-state index contributed by atoms with van der Waals surface area (Å²) in [5, 5.41) is 10.7. The molecule has 0 aliphatic rings. The van der Waals surface area contributed by atoms with Gasteiger partial charge in [-0.1, -0.05) is 389 Å². The van der Waals surface area contributed by atoms with Crippen LogP contribution in [0.2, 0.25) is 0 Å². The predicted octanol–water partition coefficient (Wildman–Crippen LogP) is 25.3. The summed E-state index contributed by atoms with van der Waals surface area (Å²) in [7, 11) is -9.92. The van der Waals surface area contributed by atoms with Gasteiger partial charge in [-0.15, -0.1) is 0 Å². The van der Waals surface area contributed by atoms with Gasteiger partial charge in [-0.25, -0.2) is 9.13 Å². The highest BCUT2D eigenvalue weighted by Gasteiger charge is 2.30. The summed E-state index contributed by atoms with van der Waals surface area (Å²) in [6.07, 6.45) is 64.2. The van der Waals surface area contributed by atoms with Gasteiger partial charge >= 0.3 is 39.5 Å². The molecule has 0 amide bonds. The number of rotatable bonds is 82. The van der Waals surface area contributed by atoms with Crippen molar-refractivity contribution in [3.05, 3.63) is 0 Å². The molecule has 103 heavy (non-hydrogen) atoms. The molecule has 0 aliphatic carbocycles. The lowest BCUT2D eigenvalue weighted by Gasteiger charge is -2.21. The zero-order valence-corrected chi connectivity index (χ0v) is 69.6. The van der Waals surface area contributed by atoms with Crippen LogP contribution in [0.1, 0.15) is 440 Å². The van der Waals surface area contributed by atoms with Gasteiger partial charge in [-0.05, 0) is 43.4 Å². The summed E-state index contributed by atoms with van der Waals surface area (Å²) in [6.45, 7) is 11.9. The SMILES string of the molecule is CCCCCCCCCCCCCCCCCCCCCCC(=O)OC[C@H](COP(=O)(O)OC[C@@H](O)COP(=O)(O)OC[C@@H](COC(=O)CCCCCCCCCC(C)C)OC(=O)CCCCCCCCCCCC(C)C)OC(=O)CCCCCCCCCCCCCCCCCCCCC(C)C. The van der Waals surface area contributed by atoms with Crippen LogP contribution in [-0.2, 0) is 65.4 Å². The van der Waals surface area contributed by atoms with Crippen molar-refractivity contribution in [2.45, 2.75) is 458 Å². The fraction of sp³-hybridized carbons (Fsp3) is 0.952. The molecule has 0 heterocycles. The van der Waals surface area contributed by atoms with Crippen molar-refractivity contribution < 1.29 is 80.2 Å². The van der Waals surface area contributed by atoms with Crippen molar-refractivity contribution in [1.29, 1.82) is 0 Å². The van der Waals surface area contributed by atoms with Gasteiger partial charge < -0.3 is 33.8 Å². The molecule has 0 radical (unpaired) electrons. The van der Waals surface area contributed by atoms with Gasteiger partial charge in [0.05, 0.1) is 26.4 Å². The molecule has 612 valence electrons. The van der Waals surface area contributed by atoms with Crippen LogP contribution < -0.4 is 0 Å². The standard InChI is InChI=1S/C84H164O17P2/c1-8-9-10-11-12-13-14-15-16-17-18-19-23-26-29-32-37-44-51-58-65-81(86)94-71-79(100-83(88)67-60-53-45-38-33-30-27-24-21-20-22-25-28-31-35-41-48-55-62-75(2)3)73-98-102(90,91)96-69-78(85)70-97-103(92,93)99-74-80(72-95-82(87)66-59-52-47-40-43-50-57-64-77(6)7)101-84(89)68-61-54-46-39-34-36-42-49-56-63-76(4)5/h75-80,85H,8-74H2,1-7H3,(H,90,91)(H,92,93)/t78-,79-,80-/m1/s1. The Labute approximate surface area is 632 Å². The number of ether oxygens (including phenoxy) is 4. The molecule has 0 fully saturated rings. The van der Waals surface area contributed by atoms with E-state index in [-0.39, 0.29) is 25.7 Å². The normalized spacial score (nSPS) is 13.9. The van der Waals surface area contributed by atoms with Gasteiger partial charge in [0.1, 0.15) is 19.3 Å². The maximum absolute atomic E-state index is 13.1. The van der Waals surface area contributed by atoms with E-state index in [1.54, 1.807) is 0 Å². The maximum Gasteiger partial charge on any atom is 0.472 e. The first-order valence-corrected chi connectivity index (χ1v) is 46.3. The first-order valence-electron chi connectivity index (χ1n) is 43.3. The Morgan fingerprint density at radius 3 is 0.660 bits per heavy atom. The van der Waals surface area contributed by atoms with Gasteiger partial charge in [-0.3, -0.25) is 37.3 Å². The number of hydrogen-bond acceptors (Lipinski definition) is 15. The Bertz CT molecular complexity index is 1990. The van der Waals surface area contributed by atoms with Gasteiger partial charge in [0, 0.05) is 25.7 Å². The van der Waals surface area contributed by atoms with E-state index in [1.165, 1.54) is 244 Å². The number of carbonyl (C=O) groups excluding carboxylic acids is 4. The van der Waals surface area contributed by atoms with E-state index < -0.39 is 97.5 Å². The third-order valence-electron chi connectivity index (χ3n) is 19.6. The number of esters is 4. The highest BCUT2D eigenvalue weighted by Crippen LogP contribution is 2.45. The number of hydrogen-bond donors (Lipinski definition) is 3. The van der Waals surface area contributed by atoms with Gasteiger partial charge in [0.2, 0.25) is 0 Å². The van der Waals surface area contributed by atoms with E-state index in [1.807, 2.05) is 0 Å². The monoisotopic (exact) mass is 1510 g/mol. The van der Waals surface area contributed by atoms with Crippen molar-refractivity contribution in [1.82, 2.24) is 0 Å². The Balaban J connectivity index is 5.20. The Hall–Kier alpha value is -1.94. The zero-order valence-electron chi connectivity index (χ0n) is 67.8. The smallest absolute Gasteiger partial charge is 0.462 e. The predicted molar refractivity (Wildman–Crippen MR) is 423 cm³/mol. The average molecular weight is 1510 g/mol. The summed E-state index contributed by atoms with van der Waals surface area (Å²) in [4.78, 5) is 73.1. The van der Waals surface area contributed by atoms with E-state index in [0.717, 1.165) is 108 Å².